The predicted molar refractivity (Wildman–Crippen MR) is 48.4 cm³/mol. The Balaban J connectivity index is 2.42. The van der Waals surface area contributed by atoms with Gasteiger partial charge in [-0.15, -0.1) is 0 Å². The Kier molecular flexibility index (Phi) is 4.51. The third kappa shape index (κ3) is 4.26. The Morgan fingerprint density at radius 2 is 2.13 bits per heavy atom. The zero-order chi connectivity index (χ0) is 11.3. The lowest BCUT2D eigenvalue weighted by molar-refractivity contribution is -0.203. The number of hydrogen-bond donors (Lipinski definition) is 2. The summed E-state index contributed by atoms with van der Waals surface area (Å²) in [7, 11) is 0. The van der Waals surface area contributed by atoms with Crippen LogP contribution in [-0.4, -0.2) is 41.2 Å². The second-order valence-electron chi connectivity index (χ2n) is 3.36. The van der Waals surface area contributed by atoms with Gasteiger partial charge in [-0.05, 0) is 19.3 Å². The van der Waals surface area contributed by atoms with Gasteiger partial charge in [0.25, 0.3) is 0 Å². The monoisotopic (exact) mass is 218 g/mol. The van der Waals surface area contributed by atoms with E-state index in [1.807, 2.05) is 0 Å². The zero-order valence-corrected chi connectivity index (χ0v) is 8.22. The second-order valence-corrected chi connectivity index (χ2v) is 3.36. The first-order chi connectivity index (χ1) is 7.09. The van der Waals surface area contributed by atoms with Crippen molar-refractivity contribution in [2.75, 3.05) is 6.61 Å². The molecule has 1 saturated heterocycles. The SMILES string of the molecule is O=C(O)CC(OC1CCCCO1)C(=O)O. The molecule has 1 fully saturated rings. The molecule has 0 aromatic rings. The van der Waals surface area contributed by atoms with Gasteiger partial charge in [0.2, 0.25) is 0 Å². The van der Waals surface area contributed by atoms with Crippen LogP contribution in [0.3, 0.4) is 0 Å². The van der Waals surface area contributed by atoms with Gasteiger partial charge in [-0.1, -0.05) is 0 Å². The number of carbonyl (C=O) groups is 2. The molecule has 0 spiro atoms. The highest BCUT2D eigenvalue weighted by Gasteiger charge is 2.27. The van der Waals surface area contributed by atoms with Gasteiger partial charge in [0.1, 0.15) is 0 Å². The summed E-state index contributed by atoms with van der Waals surface area (Å²) in [5.74, 6) is -2.47. The fourth-order valence-corrected chi connectivity index (χ4v) is 1.35. The van der Waals surface area contributed by atoms with Crippen molar-refractivity contribution in [2.24, 2.45) is 0 Å². The van der Waals surface area contributed by atoms with E-state index in [-0.39, 0.29) is 0 Å². The third-order valence-electron chi connectivity index (χ3n) is 2.09. The molecule has 2 atom stereocenters. The predicted octanol–water partition coefficient (Wildman–Crippen LogP) is 0.457. The summed E-state index contributed by atoms with van der Waals surface area (Å²) in [6, 6.07) is 0. The number of carboxylic acids is 2. The molecular weight excluding hydrogens is 204 g/mol. The summed E-state index contributed by atoms with van der Waals surface area (Å²) < 4.78 is 10.2. The Bertz CT molecular complexity index is 233. The average Bonchev–Trinajstić information content (AvgIpc) is 2.17. The molecule has 0 aliphatic carbocycles. The summed E-state index contributed by atoms with van der Waals surface area (Å²) in [4.78, 5) is 21.0. The third-order valence-corrected chi connectivity index (χ3v) is 2.09. The molecule has 0 amide bonds. The number of rotatable bonds is 5. The van der Waals surface area contributed by atoms with E-state index in [0.717, 1.165) is 12.8 Å². The topological polar surface area (TPSA) is 93.1 Å². The highest BCUT2D eigenvalue weighted by Crippen LogP contribution is 2.16. The largest absolute Gasteiger partial charge is 0.481 e. The van der Waals surface area contributed by atoms with Crippen LogP contribution in [0.4, 0.5) is 0 Å². The Morgan fingerprint density at radius 1 is 1.40 bits per heavy atom. The van der Waals surface area contributed by atoms with E-state index in [4.69, 9.17) is 19.7 Å². The van der Waals surface area contributed by atoms with Crippen LogP contribution in [-0.2, 0) is 19.1 Å². The summed E-state index contributed by atoms with van der Waals surface area (Å²) in [5, 5.41) is 17.2. The molecule has 2 N–H and O–H groups in total. The molecule has 1 aliphatic heterocycles. The Morgan fingerprint density at radius 3 is 2.60 bits per heavy atom. The van der Waals surface area contributed by atoms with Crippen LogP contribution in [0.2, 0.25) is 0 Å². The minimum atomic E-state index is -1.33. The summed E-state index contributed by atoms with van der Waals surface area (Å²) in [6.07, 6.45) is -0.0102. The van der Waals surface area contributed by atoms with Gasteiger partial charge < -0.3 is 19.7 Å². The summed E-state index contributed by atoms with van der Waals surface area (Å²) >= 11 is 0. The van der Waals surface area contributed by atoms with E-state index >= 15 is 0 Å². The van der Waals surface area contributed by atoms with E-state index in [0.29, 0.717) is 13.0 Å². The van der Waals surface area contributed by atoms with Crippen molar-refractivity contribution in [3.63, 3.8) is 0 Å². The van der Waals surface area contributed by atoms with Crippen molar-refractivity contribution in [3.05, 3.63) is 0 Å². The molecule has 0 aromatic heterocycles. The maximum atomic E-state index is 10.7. The van der Waals surface area contributed by atoms with Gasteiger partial charge in [-0.2, -0.15) is 0 Å². The van der Waals surface area contributed by atoms with Crippen LogP contribution in [0.1, 0.15) is 25.7 Å². The molecule has 1 heterocycles. The number of ether oxygens (including phenoxy) is 2. The summed E-state index contributed by atoms with van der Waals surface area (Å²) in [6.45, 7) is 0.532. The van der Waals surface area contributed by atoms with Crippen molar-refractivity contribution < 1.29 is 29.3 Å². The lowest BCUT2D eigenvalue weighted by Crippen LogP contribution is -2.34. The average molecular weight is 218 g/mol. The molecule has 15 heavy (non-hydrogen) atoms. The van der Waals surface area contributed by atoms with E-state index < -0.39 is 30.8 Å². The van der Waals surface area contributed by atoms with E-state index in [2.05, 4.69) is 0 Å². The lowest BCUT2D eigenvalue weighted by Gasteiger charge is -2.25. The molecule has 86 valence electrons. The maximum Gasteiger partial charge on any atom is 0.333 e. The van der Waals surface area contributed by atoms with Crippen LogP contribution in [0.25, 0.3) is 0 Å². The van der Waals surface area contributed by atoms with Crippen molar-refractivity contribution in [3.8, 4) is 0 Å². The first-order valence-corrected chi connectivity index (χ1v) is 4.81. The summed E-state index contributed by atoms with van der Waals surface area (Å²) in [5.41, 5.74) is 0. The van der Waals surface area contributed by atoms with Crippen LogP contribution < -0.4 is 0 Å². The Labute approximate surface area is 86.8 Å². The van der Waals surface area contributed by atoms with E-state index in [1.165, 1.54) is 0 Å². The van der Waals surface area contributed by atoms with Crippen LogP contribution in [0, 0.1) is 0 Å². The standard InChI is InChI=1S/C9H14O6/c10-7(11)5-6(9(12)13)15-8-3-1-2-4-14-8/h6,8H,1-5H2,(H,10,11)(H,12,13). The lowest BCUT2D eigenvalue weighted by atomic mass is 10.2. The number of carboxylic acid groups (broad SMARTS) is 2. The molecule has 1 rings (SSSR count). The quantitative estimate of drug-likeness (QED) is 0.696. The first kappa shape index (κ1) is 11.9. The normalized spacial score (nSPS) is 23.3. The zero-order valence-electron chi connectivity index (χ0n) is 8.22. The van der Waals surface area contributed by atoms with Crippen LogP contribution >= 0.6 is 0 Å². The van der Waals surface area contributed by atoms with Gasteiger partial charge >= 0.3 is 11.9 Å². The molecule has 6 heteroatoms. The van der Waals surface area contributed by atoms with Crippen molar-refractivity contribution in [2.45, 2.75) is 38.1 Å². The van der Waals surface area contributed by atoms with Gasteiger partial charge in [-0.3, -0.25) is 4.79 Å². The van der Waals surface area contributed by atoms with E-state index in [1.54, 1.807) is 0 Å². The second kappa shape index (κ2) is 5.67. The highest BCUT2D eigenvalue weighted by molar-refractivity contribution is 5.79. The first-order valence-electron chi connectivity index (χ1n) is 4.81. The Hall–Kier alpha value is -1.14. The van der Waals surface area contributed by atoms with Gasteiger partial charge in [0, 0.05) is 6.61 Å². The number of hydrogen-bond acceptors (Lipinski definition) is 4. The molecule has 6 nitrogen and oxygen atoms in total. The number of aliphatic carboxylic acids is 2. The molecule has 1 aliphatic rings. The highest BCUT2D eigenvalue weighted by atomic mass is 16.7. The minimum Gasteiger partial charge on any atom is -0.481 e. The van der Waals surface area contributed by atoms with Crippen LogP contribution in [0.5, 0.6) is 0 Å². The minimum absolute atomic E-state index is 0.532. The maximum absolute atomic E-state index is 10.7. The van der Waals surface area contributed by atoms with E-state index in [9.17, 15) is 9.59 Å². The fourth-order valence-electron chi connectivity index (χ4n) is 1.35. The van der Waals surface area contributed by atoms with Gasteiger partial charge in [-0.25, -0.2) is 4.79 Å². The molecule has 0 radical (unpaired) electrons. The van der Waals surface area contributed by atoms with Crippen molar-refractivity contribution in [1.29, 1.82) is 0 Å². The van der Waals surface area contributed by atoms with Gasteiger partial charge in [0.05, 0.1) is 6.42 Å². The molecular formula is C9H14O6. The molecule has 2 unspecified atom stereocenters. The molecule has 0 saturated carbocycles. The van der Waals surface area contributed by atoms with Crippen LogP contribution in [0.15, 0.2) is 0 Å². The fraction of sp³-hybridized carbons (Fsp3) is 0.778. The molecule has 0 bridgehead atoms. The molecule has 0 aromatic carbocycles. The smallest absolute Gasteiger partial charge is 0.333 e. The van der Waals surface area contributed by atoms with Crippen molar-refractivity contribution >= 4 is 11.9 Å². The van der Waals surface area contributed by atoms with Gasteiger partial charge in [0.15, 0.2) is 12.4 Å². The van der Waals surface area contributed by atoms with Crippen molar-refractivity contribution in [1.82, 2.24) is 0 Å².